The predicted molar refractivity (Wildman–Crippen MR) is 245 cm³/mol. The average Bonchev–Trinajstić information content (AvgIpc) is 3.82. The maximum atomic E-state index is 5.42. The van der Waals surface area contributed by atoms with Gasteiger partial charge >= 0.3 is 0 Å². The van der Waals surface area contributed by atoms with Gasteiger partial charge in [0, 0.05) is 55.8 Å². The van der Waals surface area contributed by atoms with Gasteiger partial charge in [-0.1, -0.05) is 103 Å². The zero-order chi connectivity index (χ0) is 38.6. The van der Waals surface area contributed by atoms with Crippen molar-refractivity contribution >= 4 is 82.5 Å². The summed E-state index contributed by atoms with van der Waals surface area (Å²) in [5.74, 6) is 0.903. The van der Waals surface area contributed by atoms with Crippen molar-refractivity contribution in [3.05, 3.63) is 200 Å². The minimum Gasteiger partial charge on any atom is -0.309 e. The summed E-state index contributed by atoms with van der Waals surface area (Å²) in [6.45, 7) is 0. The molecule has 13 rings (SSSR count). The first-order valence-electron chi connectivity index (χ1n) is 20.1. The van der Waals surface area contributed by atoms with Gasteiger partial charge in [-0.3, -0.25) is 9.88 Å². The molecule has 12 aromatic rings. The highest BCUT2D eigenvalue weighted by atomic mass is 15.2. The fourth-order valence-corrected chi connectivity index (χ4v) is 9.68. The summed E-state index contributed by atoms with van der Waals surface area (Å²) in [5, 5.41) is 8.25. The van der Waals surface area contributed by atoms with Crippen LogP contribution in [0.2, 0.25) is 0 Å². The van der Waals surface area contributed by atoms with Gasteiger partial charge in [-0.2, -0.15) is 0 Å². The molecule has 0 radical (unpaired) electrons. The molecule has 5 heterocycles. The second-order valence-electron chi connectivity index (χ2n) is 15.4. The molecule has 0 fully saturated rings. The minimum absolute atomic E-state index is 0.903. The quantitative estimate of drug-likeness (QED) is 0.168. The largest absolute Gasteiger partial charge is 0.309 e. The summed E-state index contributed by atoms with van der Waals surface area (Å²) in [5.41, 5.74) is 14.6. The maximum absolute atomic E-state index is 5.42. The molecule has 59 heavy (non-hydrogen) atoms. The van der Waals surface area contributed by atoms with Crippen LogP contribution in [-0.4, -0.2) is 19.1 Å². The molecule has 1 aliphatic heterocycles. The molecule has 0 atom stereocenters. The number of rotatable bonds is 4. The summed E-state index contributed by atoms with van der Waals surface area (Å²) >= 11 is 0. The van der Waals surface area contributed by atoms with Crippen molar-refractivity contribution in [2.45, 2.75) is 0 Å². The van der Waals surface area contributed by atoms with E-state index in [4.69, 9.17) is 9.97 Å². The molecule has 1 aliphatic rings. The first-order chi connectivity index (χ1) is 29.3. The number of para-hydroxylation sites is 5. The van der Waals surface area contributed by atoms with E-state index in [1.807, 2.05) is 6.20 Å². The van der Waals surface area contributed by atoms with Gasteiger partial charge in [-0.25, -0.2) is 4.98 Å². The van der Waals surface area contributed by atoms with E-state index in [1.54, 1.807) is 0 Å². The van der Waals surface area contributed by atoms with Crippen LogP contribution < -0.4 is 4.90 Å². The Bertz CT molecular complexity index is 3670. The Kier molecular flexibility index (Phi) is 6.66. The van der Waals surface area contributed by atoms with E-state index < -0.39 is 0 Å². The third-order valence-corrected chi connectivity index (χ3v) is 12.2. The van der Waals surface area contributed by atoms with Crippen molar-refractivity contribution in [3.63, 3.8) is 0 Å². The molecule has 0 spiro atoms. The second kappa shape index (κ2) is 12.2. The standard InChI is InChI=1S/C54H33N5/c1-3-13-36(14-4-1)57-47-20-10-7-17-39(47)44-31-34(23-27-50(44)57)35-24-28-51-45(32-35)40-18-8-11-21-48(40)58(51)38-25-26-46-43(33-38)41-29-30-55-53-42-19-9-12-22-49(42)59(54(56-46)52(41)53)37-15-5-2-6-16-37/h1-33H. The first kappa shape index (κ1) is 32.1. The number of nitrogens with zero attached hydrogens (tertiary/aromatic N) is 5. The highest BCUT2D eigenvalue weighted by Crippen LogP contribution is 2.50. The number of hydrogen-bond donors (Lipinski definition) is 0. The summed E-state index contributed by atoms with van der Waals surface area (Å²) in [4.78, 5) is 12.7. The van der Waals surface area contributed by atoms with Crippen LogP contribution in [0.15, 0.2) is 200 Å². The Labute approximate surface area is 339 Å². The smallest absolute Gasteiger partial charge is 0.148 e. The van der Waals surface area contributed by atoms with Gasteiger partial charge in [0.05, 0.1) is 44.4 Å². The lowest BCUT2D eigenvalue weighted by atomic mass is 9.95. The summed E-state index contributed by atoms with van der Waals surface area (Å²) in [6, 6.07) is 69.9. The van der Waals surface area contributed by atoms with Crippen molar-refractivity contribution in [1.82, 2.24) is 19.1 Å². The van der Waals surface area contributed by atoms with E-state index in [9.17, 15) is 0 Å². The third-order valence-electron chi connectivity index (χ3n) is 12.2. The molecule has 274 valence electrons. The Morgan fingerprint density at radius 1 is 0.373 bits per heavy atom. The van der Waals surface area contributed by atoms with Gasteiger partial charge < -0.3 is 9.13 Å². The van der Waals surface area contributed by atoms with E-state index in [2.05, 4.69) is 208 Å². The zero-order valence-electron chi connectivity index (χ0n) is 31.8. The number of benzene rings is 8. The van der Waals surface area contributed by atoms with Crippen molar-refractivity contribution in [2.75, 3.05) is 4.90 Å². The van der Waals surface area contributed by atoms with Gasteiger partial charge in [-0.15, -0.1) is 0 Å². The summed E-state index contributed by atoms with van der Waals surface area (Å²) in [6.07, 6.45) is 1.95. The lowest BCUT2D eigenvalue weighted by Crippen LogP contribution is -2.17. The number of fused-ring (bicyclic) bond motifs is 10. The summed E-state index contributed by atoms with van der Waals surface area (Å²) in [7, 11) is 0. The van der Waals surface area contributed by atoms with Gasteiger partial charge in [0.1, 0.15) is 5.82 Å². The van der Waals surface area contributed by atoms with E-state index in [-0.39, 0.29) is 0 Å². The van der Waals surface area contributed by atoms with Crippen LogP contribution in [0.25, 0.3) is 99.0 Å². The molecule has 0 amide bonds. The minimum atomic E-state index is 0.903. The van der Waals surface area contributed by atoms with E-state index in [1.165, 1.54) is 54.9 Å². The monoisotopic (exact) mass is 751 g/mol. The molecule has 0 N–H and O–H groups in total. The molecule has 0 bridgehead atoms. The molecule has 0 aliphatic carbocycles. The average molecular weight is 752 g/mol. The van der Waals surface area contributed by atoms with Gasteiger partial charge in [-0.05, 0) is 108 Å². The van der Waals surface area contributed by atoms with Crippen LogP contribution in [-0.2, 0) is 0 Å². The molecule has 0 unspecified atom stereocenters. The highest BCUT2D eigenvalue weighted by Gasteiger charge is 2.29. The van der Waals surface area contributed by atoms with Crippen molar-refractivity contribution < 1.29 is 0 Å². The van der Waals surface area contributed by atoms with Crippen molar-refractivity contribution in [3.8, 4) is 33.8 Å². The SMILES string of the molecule is c1ccc(N2c3ccccc3-c3nccc4c3c2nc2ccc(-n3c5ccccc5c5cc(-c6ccc7c(c6)c6ccccc6n7-c6ccccc6)ccc53)cc24)cc1. The van der Waals surface area contributed by atoms with Crippen LogP contribution in [0.1, 0.15) is 0 Å². The lowest BCUT2D eigenvalue weighted by molar-refractivity contribution is 1.18. The van der Waals surface area contributed by atoms with Crippen LogP contribution in [0.3, 0.4) is 0 Å². The number of anilines is 3. The van der Waals surface area contributed by atoms with Gasteiger partial charge in [0.15, 0.2) is 0 Å². The topological polar surface area (TPSA) is 38.9 Å². The number of hydrogen-bond acceptors (Lipinski definition) is 3. The zero-order valence-corrected chi connectivity index (χ0v) is 31.8. The van der Waals surface area contributed by atoms with Crippen molar-refractivity contribution in [1.29, 1.82) is 0 Å². The van der Waals surface area contributed by atoms with E-state index in [0.29, 0.717) is 0 Å². The maximum Gasteiger partial charge on any atom is 0.148 e. The molecular weight excluding hydrogens is 719 g/mol. The Morgan fingerprint density at radius 2 is 0.949 bits per heavy atom. The summed E-state index contributed by atoms with van der Waals surface area (Å²) < 4.78 is 4.78. The normalized spacial score (nSPS) is 12.4. The highest BCUT2D eigenvalue weighted by molar-refractivity contribution is 6.20. The molecule has 0 saturated heterocycles. The third kappa shape index (κ3) is 4.61. The van der Waals surface area contributed by atoms with Crippen LogP contribution >= 0.6 is 0 Å². The molecular formula is C54H33N5. The van der Waals surface area contributed by atoms with Crippen molar-refractivity contribution in [2.24, 2.45) is 0 Å². The number of pyridine rings is 2. The second-order valence-corrected chi connectivity index (χ2v) is 15.4. The Balaban J connectivity index is 0.993. The molecule has 4 aromatic heterocycles. The Hall–Kier alpha value is -8.02. The molecule has 5 nitrogen and oxygen atoms in total. The van der Waals surface area contributed by atoms with E-state index >= 15 is 0 Å². The fourth-order valence-electron chi connectivity index (χ4n) is 9.68. The predicted octanol–water partition coefficient (Wildman–Crippen LogP) is 14.1. The van der Waals surface area contributed by atoms with E-state index in [0.717, 1.165) is 61.3 Å². The Morgan fingerprint density at radius 3 is 1.64 bits per heavy atom. The fraction of sp³-hybridized carbons (Fsp3) is 0. The molecule has 0 saturated carbocycles. The van der Waals surface area contributed by atoms with Gasteiger partial charge in [0.2, 0.25) is 0 Å². The first-order valence-corrected chi connectivity index (χ1v) is 20.1. The van der Waals surface area contributed by atoms with Gasteiger partial charge in [0.25, 0.3) is 0 Å². The van der Waals surface area contributed by atoms with Crippen LogP contribution in [0, 0.1) is 0 Å². The number of aromatic nitrogens is 4. The van der Waals surface area contributed by atoms with Crippen LogP contribution in [0.4, 0.5) is 17.2 Å². The molecule has 5 heteroatoms. The van der Waals surface area contributed by atoms with Crippen LogP contribution in [0.5, 0.6) is 0 Å². The molecule has 8 aromatic carbocycles. The lowest BCUT2D eigenvalue weighted by Gasteiger charge is -2.32.